The van der Waals surface area contributed by atoms with E-state index in [9.17, 15) is 4.79 Å². The first-order valence-electron chi connectivity index (χ1n) is 5.05. The third kappa shape index (κ3) is 3.14. The van der Waals surface area contributed by atoms with Crippen molar-refractivity contribution in [3.05, 3.63) is 17.8 Å². The second-order valence-electron chi connectivity index (χ2n) is 4.13. The molecule has 0 aliphatic heterocycles. The number of rotatable bonds is 4. The van der Waals surface area contributed by atoms with E-state index < -0.39 is 5.41 Å². The van der Waals surface area contributed by atoms with Crippen LogP contribution in [0.5, 0.6) is 0 Å². The molecule has 0 bridgehead atoms. The summed E-state index contributed by atoms with van der Waals surface area (Å²) in [6, 6.07) is 3.55. The zero-order chi connectivity index (χ0) is 12.9. The minimum atomic E-state index is -0.695. The molecule has 90 valence electrons. The fourth-order valence-electron chi connectivity index (χ4n) is 1.21. The smallest absolute Gasteiger partial charge is 0.313 e. The molecule has 6 heteroatoms. The van der Waals surface area contributed by atoms with Crippen LogP contribution < -0.4 is 5.32 Å². The van der Waals surface area contributed by atoms with Crippen LogP contribution in [0.2, 0.25) is 0 Å². The molecule has 0 atom stereocenters. The molecule has 0 radical (unpaired) electrons. The number of ether oxygens (including phenoxy) is 1. The number of methoxy groups -OCH3 is 1. The lowest BCUT2D eigenvalue weighted by molar-refractivity contribution is -0.149. The molecule has 1 N–H and O–H groups in total. The van der Waals surface area contributed by atoms with E-state index in [-0.39, 0.29) is 5.97 Å². The normalized spacial score (nSPS) is 10.5. The van der Waals surface area contributed by atoms with Gasteiger partial charge in [-0.05, 0) is 19.9 Å². The molecule has 1 aromatic rings. The molecule has 1 aromatic heterocycles. The monoisotopic (exact) mass is 234 g/mol. The number of nitriles is 1. The fourth-order valence-corrected chi connectivity index (χ4v) is 1.21. The van der Waals surface area contributed by atoms with Crippen molar-refractivity contribution in [2.45, 2.75) is 13.8 Å². The van der Waals surface area contributed by atoms with Gasteiger partial charge in [0.25, 0.3) is 0 Å². The van der Waals surface area contributed by atoms with Gasteiger partial charge in [-0.2, -0.15) is 10.4 Å². The molecule has 0 aromatic carbocycles. The van der Waals surface area contributed by atoms with Crippen LogP contribution >= 0.6 is 0 Å². The van der Waals surface area contributed by atoms with Gasteiger partial charge in [-0.15, -0.1) is 5.10 Å². The maximum absolute atomic E-state index is 11.4. The van der Waals surface area contributed by atoms with Crippen molar-refractivity contribution in [2.24, 2.45) is 5.41 Å². The van der Waals surface area contributed by atoms with Crippen LogP contribution in [0.4, 0.5) is 5.82 Å². The molecule has 0 spiro atoms. The van der Waals surface area contributed by atoms with Gasteiger partial charge in [0, 0.05) is 6.54 Å². The Balaban J connectivity index is 2.74. The summed E-state index contributed by atoms with van der Waals surface area (Å²) < 4.78 is 4.68. The van der Waals surface area contributed by atoms with Gasteiger partial charge >= 0.3 is 5.97 Å². The van der Waals surface area contributed by atoms with Gasteiger partial charge in [-0.25, -0.2) is 0 Å². The summed E-state index contributed by atoms with van der Waals surface area (Å²) in [4.78, 5) is 11.4. The van der Waals surface area contributed by atoms with Gasteiger partial charge < -0.3 is 10.1 Å². The number of carbonyl (C=O) groups is 1. The Bertz CT molecular complexity index is 451. The molecule has 0 amide bonds. The van der Waals surface area contributed by atoms with Crippen molar-refractivity contribution in [2.75, 3.05) is 19.0 Å². The largest absolute Gasteiger partial charge is 0.469 e. The van der Waals surface area contributed by atoms with E-state index in [1.165, 1.54) is 13.3 Å². The number of nitrogens with one attached hydrogen (secondary N) is 1. The van der Waals surface area contributed by atoms with Crippen molar-refractivity contribution in [1.29, 1.82) is 5.26 Å². The predicted molar refractivity (Wildman–Crippen MR) is 61.0 cm³/mol. The zero-order valence-corrected chi connectivity index (χ0v) is 10.0. The van der Waals surface area contributed by atoms with Crippen molar-refractivity contribution in [3.63, 3.8) is 0 Å². The van der Waals surface area contributed by atoms with E-state index in [2.05, 4.69) is 20.3 Å². The molecule has 0 fully saturated rings. The Morgan fingerprint density at radius 2 is 2.35 bits per heavy atom. The average molecular weight is 234 g/mol. The minimum Gasteiger partial charge on any atom is -0.469 e. The summed E-state index contributed by atoms with van der Waals surface area (Å²) >= 11 is 0. The molecule has 1 rings (SSSR count). The van der Waals surface area contributed by atoms with Crippen LogP contribution in [-0.4, -0.2) is 29.8 Å². The van der Waals surface area contributed by atoms with Gasteiger partial charge in [-0.1, -0.05) is 0 Å². The highest BCUT2D eigenvalue weighted by Crippen LogP contribution is 2.18. The summed E-state index contributed by atoms with van der Waals surface area (Å²) in [5, 5.41) is 19.3. The maximum Gasteiger partial charge on any atom is 0.313 e. The van der Waals surface area contributed by atoms with Gasteiger partial charge in [-0.3, -0.25) is 4.79 Å². The quantitative estimate of drug-likeness (QED) is 0.780. The Morgan fingerprint density at radius 1 is 1.65 bits per heavy atom. The minimum absolute atomic E-state index is 0.313. The molecule has 0 saturated heterocycles. The van der Waals surface area contributed by atoms with E-state index in [0.717, 1.165) is 0 Å². The number of anilines is 1. The molecule has 0 saturated carbocycles. The molecular formula is C11H14N4O2. The number of nitrogens with zero attached hydrogens (tertiary/aromatic N) is 3. The Hall–Kier alpha value is -2.16. The molecule has 6 nitrogen and oxygen atoms in total. The SMILES string of the molecule is COC(=O)C(C)(C)CNc1nnccc1C#N. The van der Waals surface area contributed by atoms with Gasteiger partial charge in [0.15, 0.2) is 5.82 Å². The van der Waals surface area contributed by atoms with E-state index in [4.69, 9.17) is 5.26 Å². The molecule has 0 aliphatic rings. The molecule has 0 aliphatic carbocycles. The highest BCUT2D eigenvalue weighted by Gasteiger charge is 2.28. The van der Waals surface area contributed by atoms with Crippen LogP contribution in [0, 0.1) is 16.7 Å². The first-order valence-corrected chi connectivity index (χ1v) is 5.05. The van der Waals surface area contributed by atoms with E-state index in [0.29, 0.717) is 17.9 Å². The maximum atomic E-state index is 11.4. The van der Waals surface area contributed by atoms with E-state index in [1.54, 1.807) is 19.9 Å². The first kappa shape index (κ1) is 12.9. The summed E-state index contributed by atoms with van der Waals surface area (Å²) in [7, 11) is 1.34. The molecular weight excluding hydrogens is 220 g/mol. The predicted octanol–water partition coefficient (Wildman–Crippen LogP) is 0.959. The lowest BCUT2D eigenvalue weighted by atomic mass is 9.94. The van der Waals surface area contributed by atoms with Gasteiger partial charge in [0.1, 0.15) is 6.07 Å². The lowest BCUT2D eigenvalue weighted by Crippen LogP contribution is -2.33. The van der Waals surface area contributed by atoms with Crippen molar-refractivity contribution in [1.82, 2.24) is 10.2 Å². The molecule has 1 heterocycles. The molecule has 17 heavy (non-hydrogen) atoms. The fraction of sp³-hybridized carbons (Fsp3) is 0.455. The third-order valence-electron chi connectivity index (χ3n) is 2.28. The van der Waals surface area contributed by atoms with Crippen molar-refractivity contribution < 1.29 is 9.53 Å². The van der Waals surface area contributed by atoms with E-state index >= 15 is 0 Å². The molecule has 0 unspecified atom stereocenters. The second kappa shape index (κ2) is 5.25. The topological polar surface area (TPSA) is 87.9 Å². The lowest BCUT2D eigenvalue weighted by Gasteiger charge is -2.21. The average Bonchev–Trinajstić information content (AvgIpc) is 2.35. The van der Waals surface area contributed by atoms with Crippen LogP contribution in [0.1, 0.15) is 19.4 Å². The Kier molecular flexibility index (Phi) is 3.99. The third-order valence-corrected chi connectivity index (χ3v) is 2.28. The highest BCUT2D eigenvalue weighted by atomic mass is 16.5. The van der Waals surface area contributed by atoms with Crippen molar-refractivity contribution in [3.8, 4) is 6.07 Å². The Morgan fingerprint density at radius 3 is 2.94 bits per heavy atom. The van der Waals surface area contributed by atoms with Crippen LogP contribution in [0.15, 0.2) is 12.3 Å². The summed E-state index contributed by atoms with van der Waals surface area (Å²) in [6.07, 6.45) is 1.44. The highest BCUT2D eigenvalue weighted by molar-refractivity contribution is 5.76. The summed E-state index contributed by atoms with van der Waals surface area (Å²) in [5.41, 5.74) is -0.306. The standard InChI is InChI=1S/C11H14N4O2/c1-11(2,10(16)17-3)7-13-9-8(6-12)4-5-14-15-9/h4-5H,7H2,1-3H3,(H,13,15). The number of esters is 1. The first-order chi connectivity index (χ1) is 8.01. The number of aromatic nitrogens is 2. The Labute approximate surface area is 99.6 Å². The van der Waals surface area contributed by atoms with Crippen LogP contribution in [-0.2, 0) is 9.53 Å². The summed E-state index contributed by atoms with van der Waals surface area (Å²) in [6.45, 7) is 3.80. The van der Waals surface area contributed by atoms with Crippen LogP contribution in [0.3, 0.4) is 0 Å². The summed E-state index contributed by atoms with van der Waals surface area (Å²) in [5.74, 6) is 0.0411. The number of carbonyl (C=O) groups excluding carboxylic acids is 1. The zero-order valence-electron chi connectivity index (χ0n) is 10.0. The van der Waals surface area contributed by atoms with Gasteiger partial charge in [0.2, 0.25) is 0 Å². The van der Waals surface area contributed by atoms with E-state index in [1.807, 2.05) is 6.07 Å². The second-order valence-corrected chi connectivity index (χ2v) is 4.13. The number of hydrogen-bond acceptors (Lipinski definition) is 6. The number of hydrogen-bond donors (Lipinski definition) is 1. The van der Waals surface area contributed by atoms with Crippen molar-refractivity contribution >= 4 is 11.8 Å². The van der Waals surface area contributed by atoms with Crippen LogP contribution in [0.25, 0.3) is 0 Å². The van der Waals surface area contributed by atoms with Gasteiger partial charge in [0.05, 0.1) is 24.3 Å².